The molecule has 2 aromatic heterocycles. The smallest absolute Gasteiger partial charge is 0.267 e. The largest absolute Gasteiger partial charge is 0.377 e. The van der Waals surface area contributed by atoms with Crippen LogP contribution >= 0.6 is 12.2 Å². The number of amides is 2. The van der Waals surface area contributed by atoms with Gasteiger partial charge in [0.25, 0.3) is 11.8 Å². The SMILES string of the molecule is CCc1c(CNC(=O)c2ccc[nH]2)c(CC)c(CNC(=S)Nc2ccc(N(C)C)c3ccccc23)c(CC)c1CNC(=O)c1ccc[nH]1. The van der Waals surface area contributed by atoms with Crippen LogP contribution in [0.25, 0.3) is 10.8 Å². The second kappa shape index (κ2) is 15.7. The lowest BCUT2D eigenvalue weighted by molar-refractivity contribution is 0.0939. The number of nitrogens with one attached hydrogen (secondary N) is 6. The highest BCUT2D eigenvalue weighted by Crippen LogP contribution is 2.33. The van der Waals surface area contributed by atoms with Crippen LogP contribution < -0.4 is 26.2 Å². The minimum Gasteiger partial charge on any atom is -0.377 e. The van der Waals surface area contributed by atoms with Crippen molar-refractivity contribution in [2.75, 3.05) is 24.3 Å². The van der Waals surface area contributed by atoms with E-state index in [4.69, 9.17) is 12.2 Å². The average molecular weight is 664 g/mol. The minimum atomic E-state index is -0.164. The summed E-state index contributed by atoms with van der Waals surface area (Å²) in [7, 11) is 4.09. The first kappa shape index (κ1) is 34.3. The summed E-state index contributed by atoms with van der Waals surface area (Å²) in [5.74, 6) is -0.328. The number of aromatic nitrogens is 2. The monoisotopic (exact) mass is 663 g/mol. The van der Waals surface area contributed by atoms with Crippen LogP contribution in [0.15, 0.2) is 73.1 Å². The topological polar surface area (TPSA) is 117 Å². The number of H-pyrrole nitrogens is 2. The summed E-state index contributed by atoms with van der Waals surface area (Å²) < 4.78 is 0. The third-order valence-corrected chi connectivity index (χ3v) is 9.09. The number of carbonyl (C=O) groups is 2. The summed E-state index contributed by atoms with van der Waals surface area (Å²) in [6, 6.07) is 19.6. The molecule has 0 atom stereocenters. The molecule has 0 saturated carbocycles. The highest BCUT2D eigenvalue weighted by molar-refractivity contribution is 7.80. The van der Waals surface area contributed by atoms with Gasteiger partial charge in [-0.1, -0.05) is 45.0 Å². The van der Waals surface area contributed by atoms with Gasteiger partial charge in [0.2, 0.25) is 0 Å². The summed E-state index contributed by atoms with van der Waals surface area (Å²) in [4.78, 5) is 34.1. The van der Waals surface area contributed by atoms with Gasteiger partial charge in [-0.25, -0.2) is 0 Å². The van der Waals surface area contributed by atoms with Crippen molar-refractivity contribution in [1.82, 2.24) is 25.9 Å². The molecule has 0 fully saturated rings. The van der Waals surface area contributed by atoms with E-state index in [1.54, 1.807) is 24.5 Å². The van der Waals surface area contributed by atoms with Crippen LogP contribution in [0.1, 0.15) is 75.1 Å². The lowest BCUT2D eigenvalue weighted by atomic mass is 9.83. The molecule has 0 bridgehead atoms. The number of carbonyl (C=O) groups excluding carboxylic acids is 2. The zero-order valence-electron chi connectivity index (χ0n) is 28.3. The molecule has 0 unspecified atom stereocenters. The molecule has 0 aliphatic carbocycles. The van der Waals surface area contributed by atoms with Gasteiger partial charge in [0.1, 0.15) is 11.4 Å². The third-order valence-electron chi connectivity index (χ3n) is 8.84. The number of aromatic amines is 2. The second-order valence-corrected chi connectivity index (χ2v) is 12.3. The predicted molar refractivity (Wildman–Crippen MR) is 200 cm³/mol. The maximum Gasteiger partial charge on any atom is 0.267 e. The first-order valence-corrected chi connectivity index (χ1v) is 16.9. The number of hydrogen-bond donors (Lipinski definition) is 6. The van der Waals surface area contributed by atoms with Crippen LogP contribution in [-0.4, -0.2) is 41.0 Å². The van der Waals surface area contributed by atoms with Crippen molar-refractivity contribution in [3.63, 3.8) is 0 Å². The Balaban J connectivity index is 1.48. The molecule has 48 heavy (non-hydrogen) atoms. The maximum atomic E-state index is 13.0. The third kappa shape index (κ3) is 7.39. The number of thiocarbonyl (C=S) groups is 1. The molecule has 0 aliphatic rings. The van der Waals surface area contributed by atoms with Gasteiger partial charge in [0, 0.05) is 68.3 Å². The molecule has 0 spiro atoms. The standard InChI is InChI=1S/C38H45N7O2S/c1-6-24-29(21-41-36(46)33-15-11-19-39-33)25(7-2)31(26(8-3)30(24)22-42-37(47)34-16-12-20-40-34)23-43-38(48)44-32-17-18-35(45(4)5)28-14-10-9-13-27(28)32/h9-20,39-40H,6-8,21-23H2,1-5H3,(H,41,46)(H,42,47)(H2,43,44,48). The van der Waals surface area contributed by atoms with Crippen LogP contribution in [0.5, 0.6) is 0 Å². The van der Waals surface area contributed by atoms with Crippen molar-refractivity contribution in [2.24, 2.45) is 0 Å². The Morgan fingerprint density at radius 1 is 0.625 bits per heavy atom. The fourth-order valence-corrected chi connectivity index (χ4v) is 6.78. The van der Waals surface area contributed by atoms with Crippen LogP contribution in [0.3, 0.4) is 0 Å². The van der Waals surface area contributed by atoms with Crippen LogP contribution in [-0.2, 0) is 38.9 Å². The molecule has 250 valence electrons. The van der Waals surface area contributed by atoms with Crippen LogP contribution in [0, 0.1) is 0 Å². The maximum absolute atomic E-state index is 13.0. The van der Waals surface area contributed by atoms with Gasteiger partial charge in [-0.05, 0) is 101 Å². The summed E-state index contributed by atoms with van der Waals surface area (Å²) in [6.45, 7) is 7.65. The molecule has 0 radical (unpaired) electrons. The first-order chi connectivity index (χ1) is 23.3. The van der Waals surface area contributed by atoms with E-state index in [9.17, 15) is 9.59 Å². The van der Waals surface area contributed by atoms with Gasteiger partial charge in [0.15, 0.2) is 5.11 Å². The number of hydrogen-bond acceptors (Lipinski definition) is 4. The highest BCUT2D eigenvalue weighted by Gasteiger charge is 2.23. The Morgan fingerprint density at radius 2 is 1.10 bits per heavy atom. The van der Waals surface area contributed by atoms with Gasteiger partial charge in [-0.2, -0.15) is 0 Å². The van der Waals surface area contributed by atoms with E-state index in [1.165, 1.54) is 11.1 Å². The number of fused-ring (bicyclic) bond motifs is 1. The molecular formula is C38H45N7O2S. The first-order valence-electron chi connectivity index (χ1n) is 16.5. The predicted octanol–water partition coefficient (Wildman–Crippen LogP) is 6.60. The van der Waals surface area contributed by atoms with Gasteiger partial charge in [-0.3, -0.25) is 9.59 Å². The normalized spacial score (nSPS) is 10.9. The van der Waals surface area contributed by atoms with E-state index in [2.05, 4.69) is 81.2 Å². The average Bonchev–Trinajstić information content (AvgIpc) is 3.84. The fraction of sp³-hybridized carbons (Fsp3) is 0.289. The highest BCUT2D eigenvalue weighted by atomic mass is 32.1. The van der Waals surface area contributed by atoms with Crippen LogP contribution in [0.2, 0.25) is 0 Å². The zero-order valence-corrected chi connectivity index (χ0v) is 29.2. The molecule has 6 N–H and O–H groups in total. The molecule has 5 rings (SSSR count). The van der Waals surface area contributed by atoms with Gasteiger partial charge < -0.3 is 36.1 Å². The van der Waals surface area contributed by atoms with Gasteiger partial charge in [-0.15, -0.1) is 0 Å². The van der Waals surface area contributed by atoms with Gasteiger partial charge in [0.05, 0.1) is 0 Å². The van der Waals surface area contributed by atoms with Crippen LogP contribution in [0.4, 0.5) is 11.4 Å². The molecule has 10 heteroatoms. The Morgan fingerprint density at radius 3 is 1.54 bits per heavy atom. The summed E-state index contributed by atoms with van der Waals surface area (Å²) >= 11 is 5.86. The molecule has 3 aromatic carbocycles. The van der Waals surface area contributed by atoms with Crippen molar-refractivity contribution in [1.29, 1.82) is 0 Å². The van der Waals surface area contributed by atoms with E-state index >= 15 is 0 Å². The Bertz CT molecular complexity index is 1820. The van der Waals surface area contributed by atoms with Crippen molar-refractivity contribution in [2.45, 2.75) is 59.7 Å². The molecule has 5 aromatic rings. The number of rotatable bonds is 13. The molecular weight excluding hydrogens is 619 g/mol. The zero-order chi connectivity index (χ0) is 34.2. The van der Waals surface area contributed by atoms with Gasteiger partial charge >= 0.3 is 0 Å². The Hall–Kier alpha value is -5.09. The lowest BCUT2D eigenvalue weighted by Crippen LogP contribution is -2.31. The quantitative estimate of drug-likeness (QED) is 0.0792. The number of anilines is 2. The van der Waals surface area contributed by atoms with E-state index in [0.29, 0.717) is 36.1 Å². The lowest BCUT2D eigenvalue weighted by Gasteiger charge is -2.27. The summed E-state index contributed by atoms with van der Waals surface area (Å²) in [6.07, 6.45) is 5.79. The molecule has 9 nitrogen and oxygen atoms in total. The van der Waals surface area contributed by atoms with Crippen molar-refractivity contribution in [3.8, 4) is 0 Å². The Labute approximate surface area is 287 Å². The van der Waals surface area contributed by atoms with E-state index < -0.39 is 0 Å². The molecule has 2 heterocycles. The number of benzene rings is 3. The number of nitrogens with zero attached hydrogens (tertiary/aromatic N) is 1. The van der Waals surface area contributed by atoms with E-state index in [1.807, 2.05) is 38.4 Å². The van der Waals surface area contributed by atoms with Crippen molar-refractivity contribution < 1.29 is 9.59 Å². The molecule has 2 amide bonds. The summed E-state index contributed by atoms with van der Waals surface area (Å²) in [5, 5.41) is 15.9. The Kier molecular flexibility index (Phi) is 11.2. The second-order valence-electron chi connectivity index (χ2n) is 11.8. The van der Waals surface area contributed by atoms with Crippen molar-refractivity contribution >= 4 is 51.3 Å². The molecule has 0 saturated heterocycles. The van der Waals surface area contributed by atoms with E-state index in [0.717, 1.165) is 63.7 Å². The fourth-order valence-electron chi connectivity index (χ4n) is 6.60. The molecule has 0 aliphatic heterocycles. The van der Waals surface area contributed by atoms with E-state index in [-0.39, 0.29) is 11.8 Å². The minimum absolute atomic E-state index is 0.164. The summed E-state index contributed by atoms with van der Waals surface area (Å²) in [5.41, 5.74) is 9.93. The van der Waals surface area contributed by atoms with Crippen molar-refractivity contribution in [3.05, 3.63) is 118 Å².